The average Bonchev–Trinajstić information content (AvgIpc) is 3.24. The van der Waals surface area contributed by atoms with Crippen molar-refractivity contribution in [3.8, 4) is 0 Å². The molecule has 0 radical (unpaired) electrons. The second-order valence-corrected chi connectivity index (χ2v) is 14.8. The van der Waals surface area contributed by atoms with Gasteiger partial charge in [-0.1, -0.05) is 0 Å². The lowest BCUT2D eigenvalue weighted by Gasteiger charge is -2.32. The quantitative estimate of drug-likeness (QED) is 0.0416. The fourth-order valence-electron chi connectivity index (χ4n) is 7.11. The van der Waals surface area contributed by atoms with Crippen molar-refractivity contribution in [3.05, 3.63) is 55.6 Å². The number of nitrogens with zero attached hydrogens (tertiary/aromatic N) is 2. The van der Waals surface area contributed by atoms with Crippen LogP contribution in [-0.4, -0.2) is 190 Å². The number of rotatable bonds is 25. The molecule has 0 fully saturated rings. The first-order valence-corrected chi connectivity index (χ1v) is 19.5. The number of aliphatic hydroxyl groups is 10. The third-order valence-corrected chi connectivity index (χ3v) is 10.2. The van der Waals surface area contributed by atoms with Crippen molar-refractivity contribution in [1.29, 1.82) is 0 Å². The molecule has 0 bridgehead atoms. The maximum atomic E-state index is 13.5. The summed E-state index contributed by atoms with van der Waals surface area (Å²) >= 11 is 0. The summed E-state index contributed by atoms with van der Waals surface area (Å²) in [5, 5.41) is 109. The summed E-state index contributed by atoms with van der Waals surface area (Å²) in [7, 11) is 0. The van der Waals surface area contributed by atoms with Crippen LogP contribution in [0.25, 0.3) is 0 Å². The van der Waals surface area contributed by atoms with Crippen molar-refractivity contribution in [2.75, 3.05) is 75.5 Å². The van der Waals surface area contributed by atoms with E-state index in [0.29, 0.717) is 0 Å². The van der Waals surface area contributed by atoms with Crippen LogP contribution in [0.4, 0.5) is 11.4 Å². The Morgan fingerprint density at radius 3 is 0.823 bits per heavy atom. The van der Waals surface area contributed by atoms with E-state index in [4.69, 9.17) is 0 Å². The van der Waals surface area contributed by atoms with E-state index in [0.717, 1.165) is 9.80 Å². The number of aliphatic hydroxyl groups excluding tert-OH is 10. The molecule has 6 unspecified atom stereocenters. The fraction of sp³-hybridized carbons (Fsp3) is 0.550. The first kappa shape index (κ1) is 53.0. The number of nitrogens with one attached hydrogen (secondary N) is 4. The predicted molar refractivity (Wildman–Crippen MR) is 222 cm³/mol. The van der Waals surface area contributed by atoms with Gasteiger partial charge in [-0.25, -0.2) is 0 Å². The highest BCUT2D eigenvalue weighted by atomic mass is 16.3. The van der Waals surface area contributed by atoms with Crippen LogP contribution in [0.1, 0.15) is 74.8 Å². The molecule has 14 N–H and O–H groups in total. The van der Waals surface area contributed by atoms with E-state index in [1.165, 1.54) is 41.5 Å². The Bertz CT molecular complexity index is 1690. The number of carbonyl (C=O) groups excluding carboxylic acids is 6. The molecular weight excluding hydrogens is 820 g/mol. The molecule has 6 atom stereocenters. The second-order valence-electron chi connectivity index (χ2n) is 14.8. The molecule has 0 aliphatic rings. The van der Waals surface area contributed by atoms with Crippen LogP contribution in [0.5, 0.6) is 0 Å². The highest BCUT2D eigenvalue weighted by Crippen LogP contribution is 2.36. The summed E-state index contributed by atoms with van der Waals surface area (Å²) in [6.07, 6.45) is -8.55. The molecular formula is C40H60N6O16. The first-order valence-electron chi connectivity index (χ1n) is 19.5. The molecule has 0 saturated heterocycles. The lowest BCUT2D eigenvalue weighted by Crippen LogP contribution is -2.45. The molecule has 6 amide bonds. The minimum absolute atomic E-state index is 0.0565. The van der Waals surface area contributed by atoms with Crippen molar-refractivity contribution in [2.24, 2.45) is 0 Å². The lowest BCUT2D eigenvalue weighted by atomic mass is 9.89. The van der Waals surface area contributed by atoms with Gasteiger partial charge in [0.25, 0.3) is 23.6 Å². The normalized spacial score (nSPS) is 14.1. The van der Waals surface area contributed by atoms with Crippen LogP contribution in [0, 0.1) is 41.5 Å². The Morgan fingerprint density at radius 2 is 0.645 bits per heavy atom. The van der Waals surface area contributed by atoms with Crippen molar-refractivity contribution in [3.63, 3.8) is 0 Å². The number of carbonyl (C=O) groups is 6. The van der Waals surface area contributed by atoms with Crippen LogP contribution in [-0.2, 0) is 9.59 Å². The highest BCUT2D eigenvalue weighted by molar-refractivity contribution is 6.08. The van der Waals surface area contributed by atoms with Crippen LogP contribution in [0.3, 0.4) is 0 Å². The van der Waals surface area contributed by atoms with Gasteiger partial charge >= 0.3 is 0 Å². The summed E-state index contributed by atoms with van der Waals surface area (Å²) in [6.45, 7) is 2.94. The molecule has 0 aliphatic carbocycles. The van der Waals surface area contributed by atoms with E-state index in [9.17, 15) is 79.8 Å². The topological polar surface area (TPSA) is 359 Å². The van der Waals surface area contributed by atoms with Gasteiger partial charge in [0.1, 0.15) is 0 Å². The minimum atomic E-state index is -1.87. The Morgan fingerprint density at radius 1 is 0.435 bits per heavy atom. The molecule has 2 aromatic carbocycles. The summed E-state index contributed by atoms with van der Waals surface area (Å²) < 4.78 is 0. The highest BCUT2D eigenvalue weighted by Gasteiger charge is 2.33. The monoisotopic (exact) mass is 880 g/mol. The van der Waals surface area contributed by atoms with E-state index in [1.54, 1.807) is 0 Å². The molecule has 0 heterocycles. The maximum Gasteiger partial charge on any atom is 0.252 e. The van der Waals surface area contributed by atoms with Crippen LogP contribution in [0.2, 0.25) is 0 Å². The van der Waals surface area contributed by atoms with Crippen molar-refractivity contribution in [2.45, 2.75) is 78.2 Å². The molecule has 0 spiro atoms. The van der Waals surface area contributed by atoms with E-state index >= 15 is 0 Å². The zero-order valence-electron chi connectivity index (χ0n) is 35.5. The minimum Gasteiger partial charge on any atom is -0.394 e. The second kappa shape index (κ2) is 24.5. The number of amides is 6. The van der Waals surface area contributed by atoms with Gasteiger partial charge in [0.2, 0.25) is 12.8 Å². The molecule has 0 aromatic heterocycles. The van der Waals surface area contributed by atoms with Gasteiger partial charge in [0.05, 0.1) is 87.5 Å². The summed E-state index contributed by atoms with van der Waals surface area (Å²) in [6, 6.07) is 0. The molecule has 0 saturated carbocycles. The van der Waals surface area contributed by atoms with Gasteiger partial charge in [0.15, 0.2) is 0 Å². The van der Waals surface area contributed by atoms with Gasteiger partial charge < -0.3 is 82.1 Å². The zero-order valence-corrected chi connectivity index (χ0v) is 35.5. The number of anilines is 2. The van der Waals surface area contributed by atoms with Crippen molar-refractivity contribution in [1.82, 2.24) is 21.3 Å². The largest absolute Gasteiger partial charge is 0.394 e. The van der Waals surface area contributed by atoms with Crippen molar-refractivity contribution < 1.29 is 79.8 Å². The van der Waals surface area contributed by atoms with E-state index < -0.39 is 126 Å². The zero-order chi connectivity index (χ0) is 47.2. The van der Waals surface area contributed by atoms with Crippen LogP contribution < -0.4 is 31.1 Å². The first-order chi connectivity index (χ1) is 29.2. The van der Waals surface area contributed by atoms with Gasteiger partial charge in [0, 0.05) is 48.4 Å². The molecule has 22 heteroatoms. The third kappa shape index (κ3) is 12.9. The van der Waals surface area contributed by atoms with Gasteiger partial charge in [-0.05, 0) is 74.9 Å². The lowest BCUT2D eigenvalue weighted by molar-refractivity contribution is -0.109. The van der Waals surface area contributed by atoms with Gasteiger partial charge in [-0.2, -0.15) is 0 Å². The SMILES string of the molecule is Cc1c(C(=O)NCC(O)CO)c(C)c(N(C=O)CC(O)C(O)CN(C=O)c2c(C)c(C(=O)NCC(O)CO)c(C)c(C(=O)NCC(O)CO)c2C)c(C)c1C(=O)NCC(O)CO. The number of benzene rings is 2. The smallest absolute Gasteiger partial charge is 0.252 e. The molecule has 2 aromatic rings. The van der Waals surface area contributed by atoms with E-state index in [2.05, 4.69) is 21.3 Å². The summed E-state index contributed by atoms with van der Waals surface area (Å²) in [4.78, 5) is 81.5. The van der Waals surface area contributed by atoms with E-state index in [1.807, 2.05) is 0 Å². The maximum absolute atomic E-state index is 13.5. The Balaban J connectivity index is 2.69. The van der Waals surface area contributed by atoms with Gasteiger partial charge in [-0.3, -0.25) is 28.8 Å². The number of hydrogen-bond acceptors (Lipinski definition) is 16. The van der Waals surface area contributed by atoms with Crippen molar-refractivity contribution >= 4 is 47.8 Å². The summed E-state index contributed by atoms with van der Waals surface area (Å²) in [5.41, 5.74) is 0.0817. The molecule has 2 rings (SSSR count). The average molecular weight is 881 g/mol. The van der Waals surface area contributed by atoms with Gasteiger partial charge in [-0.15, -0.1) is 0 Å². The Kier molecular flexibility index (Phi) is 20.9. The Labute approximate surface area is 357 Å². The predicted octanol–water partition coefficient (Wildman–Crippen LogP) is -4.78. The third-order valence-electron chi connectivity index (χ3n) is 10.2. The standard InChI is InChI=1S/C40H60N6O16/c1-19-31(37(59)41-7-25(53)13-47)21(3)35(22(4)32(19)38(60)42-8-26(54)14-48)45(17-51)11-29(57)30(58)12-46(18-52)36-23(5)33(39(61)43-9-27(55)15-49)20(2)34(24(36)6)40(62)44-10-28(56)16-50/h17-18,25-30,47-50,53-58H,7-16H2,1-6H3,(H,41,59)(H,42,60)(H,43,61)(H,44,62). The molecule has 22 nitrogen and oxygen atoms in total. The van der Waals surface area contributed by atoms with Crippen LogP contribution in [0.15, 0.2) is 0 Å². The molecule has 62 heavy (non-hydrogen) atoms. The Hall–Kier alpha value is -5.14. The molecule has 346 valence electrons. The van der Waals surface area contributed by atoms with E-state index in [-0.39, 0.29) is 79.8 Å². The fourth-order valence-corrected chi connectivity index (χ4v) is 7.11. The van der Waals surface area contributed by atoms with Crippen LogP contribution >= 0.6 is 0 Å². The molecule has 0 aliphatic heterocycles. The number of hydrogen-bond donors (Lipinski definition) is 14. The summed E-state index contributed by atoms with van der Waals surface area (Å²) in [5.74, 6) is -3.26.